The lowest BCUT2D eigenvalue weighted by Gasteiger charge is -2.14. The molecule has 5 N–H and O–H groups in total. The van der Waals surface area contributed by atoms with Crippen LogP contribution in [0.15, 0.2) is 0 Å². The highest BCUT2D eigenvalue weighted by Crippen LogP contribution is 2.23. The molecule has 2 amide bonds. The lowest BCUT2D eigenvalue weighted by Crippen LogP contribution is -2.39. The van der Waals surface area contributed by atoms with Crippen LogP contribution in [0.5, 0.6) is 0 Å². The first-order valence-electron chi connectivity index (χ1n) is 4.57. The Morgan fingerprint density at radius 3 is 2.64 bits per heavy atom. The van der Waals surface area contributed by atoms with Gasteiger partial charge in [0.25, 0.3) is 0 Å². The first kappa shape index (κ1) is 10.9. The zero-order chi connectivity index (χ0) is 10.6. The predicted molar refractivity (Wildman–Crippen MR) is 48.6 cm³/mol. The van der Waals surface area contributed by atoms with Crippen molar-refractivity contribution in [3.63, 3.8) is 0 Å². The van der Waals surface area contributed by atoms with E-state index in [1.54, 1.807) is 0 Å². The molecule has 2 atom stereocenters. The van der Waals surface area contributed by atoms with Crippen molar-refractivity contribution in [1.82, 2.24) is 5.48 Å². The van der Waals surface area contributed by atoms with E-state index in [0.717, 1.165) is 19.3 Å². The number of primary amides is 1. The standard InChI is InChI=1S/C8H15N3O3/c9-6-3-1-2-5(6)8(13)11-14-4-7(10)12/h5-6H,1-4,9H2,(H2,10,12)(H,11,13). The van der Waals surface area contributed by atoms with Gasteiger partial charge in [-0.3, -0.25) is 14.4 Å². The van der Waals surface area contributed by atoms with Crippen molar-refractivity contribution < 1.29 is 14.4 Å². The van der Waals surface area contributed by atoms with E-state index in [2.05, 4.69) is 10.3 Å². The number of carbonyl (C=O) groups is 2. The maximum atomic E-state index is 11.4. The van der Waals surface area contributed by atoms with Crippen LogP contribution >= 0.6 is 0 Å². The maximum Gasteiger partial charge on any atom is 0.248 e. The highest BCUT2D eigenvalue weighted by Gasteiger charge is 2.30. The van der Waals surface area contributed by atoms with Gasteiger partial charge in [0.15, 0.2) is 6.61 Å². The third kappa shape index (κ3) is 2.97. The van der Waals surface area contributed by atoms with Crippen LogP contribution in [-0.4, -0.2) is 24.5 Å². The third-order valence-corrected chi connectivity index (χ3v) is 2.29. The molecule has 2 unspecified atom stereocenters. The molecular weight excluding hydrogens is 186 g/mol. The van der Waals surface area contributed by atoms with Gasteiger partial charge in [0, 0.05) is 6.04 Å². The van der Waals surface area contributed by atoms with Crippen LogP contribution in [0, 0.1) is 5.92 Å². The fourth-order valence-electron chi connectivity index (χ4n) is 1.57. The van der Waals surface area contributed by atoms with Gasteiger partial charge in [-0.15, -0.1) is 0 Å². The first-order chi connectivity index (χ1) is 6.61. The van der Waals surface area contributed by atoms with E-state index < -0.39 is 5.91 Å². The van der Waals surface area contributed by atoms with Gasteiger partial charge in [-0.1, -0.05) is 6.42 Å². The van der Waals surface area contributed by atoms with Crippen LogP contribution in [0.2, 0.25) is 0 Å². The summed E-state index contributed by atoms with van der Waals surface area (Å²) in [7, 11) is 0. The van der Waals surface area contributed by atoms with E-state index in [1.807, 2.05) is 0 Å². The highest BCUT2D eigenvalue weighted by molar-refractivity contribution is 5.79. The zero-order valence-electron chi connectivity index (χ0n) is 7.86. The summed E-state index contributed by atoms with van der Waals surface area (Å²) in [6.45, 7) is -0.312. The second kappa shape index (κ2) is 4.92. The normalized spacial score (nSPS) is 26.1. The molecule has 0 bridgehead atoms. The molecule has 0 saturated heterocycles. The summed E-state index contributed by atoms with van der Waals surface area (Å²) in [5.74, 6) is -1.10. The molecule has 0 aromatic rings. The van der Waals surface area contributed by atoms with Gasteiger partial charge < -0.3 is 11.5 Å². The van der Waals surface area contributed by atoms with Crippen LogP contribution in [0.3, 0.4) is 0 Å². The van der Waals surface area contributed by atoms with E-state index >= 15 is 0 Å². The number of amides is 2. The second-order valence-corrected chi connectivity index (χ2v) is 3.42. The Kier molecular flexibility index (Phi) is 3.84. The number of nitrogens with one attached hydrogen (secondary N) is 1. The lowest BCUT2D eigenvalue weighted by molar-refractivity contribution is -0.141. The Morgan fingerprint density at radius 1 is 1.43 bits per heavy atom. The fraction of sp³-hybridized carbons (Fsp3) is 0.750. The average Bonchev–Trinajstić information content (AvgIpc) is 2.50. The van der Waals surface area contributed by atoms with E-state index in [0.29, 0.717) is 0 Å². The SMILES string of the molecule is NC(=O)CONC(=O)C1CCCC1N. The number of hydroxylamine groups is 1. The van der Waals surface area contributed by atoms with Crippen molar-refractivity contribution in [2.75, 3.05) is 6.61 Å². The van der Waals surface area contributed by atoms with Crippen LogP contribution in [-0.2, 0) is 14.4 Å². The molecule has 0 aromatic carbocycles. The minimum atomic E-state index is -0.624. The van der Waals surface area contributed by atoms with Crippen molar-refractivity contribution in [3.05, 3.63) is 0 Å². The number of hydrogen-bond acceptors (Lipinski definition) is 4. The van der Waals surface area contributed by atoms with E-state index in [4.69, 9.17) is 11.5 Å². The second-order valence-electron chi connectivity index (χ2n) is 3.42. The van der Waals surface area contributed by atoms with E-state index in [-0.39, 0.29) is 24.5 Å². The smallest absolute Gasteiger partial charge is 0.248 e. The summed E-state index contributed by atoms with van der Waals surface area (Å²) in [5.41, 5.74) is 12.7. The summed E-state index contributed by atoms with van der Waals surface area (Å²) < 4.78 is 0. The van der Waals surface area contributed by atoms with Crippen LogP contribution < -0.4 is 16.9 Å². The Hall–Kier alpha value is -1.14. The molecule has 1 rings (SSSR count). The zero-order valence-corrected chi connectivity index (χ0v) is 7.86. The van der Waals surface area contributed by atoms with Gasteiger partial charge in [0.1, 0.15) is 0 Å². The topological polar surface area (TPSA) is 107 Å². The summed E-state index contributed by atoms with van der Waals surface area (Å²) >= 11 is 0. The molecule has 1 aliphatic rings. The largest absolute Gasteiger partial charge is 0.368 e. The van der Waals surface area contributed by atoms with E-state index in [1.165, 1.54) is 0 Å². The fourth-order valence-corrected chi connectivity index (χ4v) is 1.57. The summed E-state index contributed by atoms with van der Waals surface area (Å²) in [6.07, 6.45) is 2.58. The summed E-state index contributed by atoms with van der Waals surface area (Å²) in [4.78, 5) is 26.2. The molecule has 6 heteroatoms. The van der Waals surface area contributed by atoms with Crippen molar-refractivity contribution in [2.24, 2.45) is 17.4 Å². The summed E-state index contributed by atoms with van der Waals surface area (Å²) in [5, 5.41) is 0. The van der Waals surface area contributed by atoms with Crippen molar-refractivity contribution in [3.8, 4) is 0 Å². The molecule has 0 spiro atoms. The van der Waals surface area contributed by atoms with Gasteiger partial charge in [-0.05, 0) is 12.8 Å². The molecule has 0 aliphatic heterocycles. The molecular formula is C8H15N3O3. The van der Waals surface area contributed by atoms with Crippen molar-refractivity contribution >= 4 is 11.8 Å². The number of nitrogens with two attached hydrogens (primary N) is 2. The highest BCUT2D eigenvalue weighted by atomic mass is 16.7. The quantitative estimate of drug-likeness (QED) is 0.488. The number of carbonyl (C=O) groups excluding carboxylic acids is 2. The minimum Gasteiger partial charge on any atom is -0.368 e. The van der Waals surface area contributed by atoms with Crippen molar-refractivity contribution in [1.29, 1.82) is 0 Å². The average molecular weight is 201 g/mol. The molecule has 1 aliphatic carbocycles. The van der Waals surface area contributed by atoms with Crippen LogP contribution in [0.1, 0.15) is 19.3 Å². The van der Waals surface area contributed by atoms with Crippen LogP contribution in [0.4, 0.5) is 0 Å². The molecule has 0 radical (unpaired) electrons. The Labute approximate surface area is 81.9 Å². The minimum absolute atomic E-state index is 0.104. The Bertz CT molecular complexity index is 232. The third-order valence-electron chi connectivity index (χ3n) is 2.29. The van der Waals surface area contributed by atoms with Gasteiger partial charge in [0.2, 0.25) is 11.8 Å². The number of rotatable bonds is 4. The van der Waals surface area contributed by atoms with Gasteiger partial charge >= 0.3 is 0 Å². The molecule has 80 valence electrons. The Morgan fingerprint density at radius 2 is 2.14 bits per heavy atom. The summed E-state index contributed by atoms with van der Waals surface area (Å²) in [6, 6.07) is -0.104. The van der Waals surface area contributed by atoms with Gasteiger partial charge in [-0.25, -0.2) is 5.48 Å². The van der Waals surface area contributed by atoms with Gasteiger partial charge in [0.05, 0.1) is 5.92 Å². The van der Waals surface area contributed by atoms with Crippen LogP contribution in [0.25, 0.3) is 0 Å². The van der Waals surface area contributed by atoms with Crippen molar-refractivity contribution in [2.45, 2.75) is 25.3 Å². The van der Waals surface area contributed by atoms with Gasteiger partial charge in [-0.2, -0.15) is 0 Å². The molecule has 1 fully saturated rings. The lowest BCUT2D eigenvalue weighted by atomic mass is 10.0. The molecule has 14 heavy (non-hydrogen) atoms. The Balaban J connectivity index is 2.24. The monoisotopic (exact) mass is 201 g/mol. The molecule has 0 heterocycles. The maximum absolute atomic E-state index is 11.4. The number of hydrogen-bond donors (Lipinski definition) is 3. The van der Waals surface area contributed by atoms with E-state index in [9.17, 15) is 9.59 Å². The molecule has 6 nitrogen and oxygen atoms in total. The molecule has 1 saturated carbocycles. The first-order valence-corrected chi connectivity index (χ1v) is 4.57. The predicted octanol–water partition coefficient (Wildman–Crippen LogP) is -1.35. The molecule has 0 aromatic heterocycles.